The number of halogens is 3. The molecule has 2 N–H and O–H groups in total. The highest BCUT2D eigenvalue weighted by atomic mass is 35.5. The Morgan fingerprint density at radius 1 is 1.13 bits per heavy atom. The van der Waals surface area contributed by atoms with Crippen LogP contribution in [0.1, 0.15) is 32.4 Å². The summed E-state index contributed by atoms with van der Waals surface area (Å²) >= 11 is 11.7. The Hall–Kier alpha value is 0.0500. The van der Waals surface area contributed by atoms with Crippen LogP contribution >= 0.6 is 35.6 Å². The van der Waals surface area contributed by atoms with Gasteiger partial charge in [-0.1, -0.05) is 50.0 Å². The predicted molar refractivity (Wildman–Crippen MR) is 70.1 cm³/mol. The van der Waals surface area contributed by atoms with Crippen molar-refractivity contribution < 1.29 is 0 Å². The van der Waals surface area contributed by atoms with E-state index in [0.717, 1.165) is 5.56 Å². The average Bonchev–Trinajstić information content (AvgIpc) is 2.07. The Labute approximate surface area is 107 Å². The second-order valence-corrected chi connectivity index (χ2v) is 5.33. The third-order valence-corrected chi connectivity index (χ3v) is 2.97. The summed E-state index contributed by atoms with van der Waals surface area (Å²) in [6.07, 6.45) is 0. The third-order valence-electron chi connectivity index (χ3n) is 2.24. The molecule has 4 heteroatoms. The number of benzene rings is 1. The molecule has 0 heterocycles. The zero-order valence-electron chi connectivity index (χ0n) is 9.05. The standard InChI is InChI=1S/C11H15Cl2N.ClH/c1-11(2,3)10(14)7-4-5-8(12)9(13)6-7;/h4-6,10H,14H2,1-3H3;1H/t10-;/m0./s1. The fraction of sp³-hybridized carbons (Fsp3) is 0.455. The Bertz CT molecular complexity index is 331. The van der Waals surface area contributed by atoms with Crippen molar-refractivity contribution in [1.29, 1.82) is 0 Å². The van der Waals surface area contributed by atoms with Crippen LogP contribution in [0.15, 0.2) is 18.2 Å². The Balaban J connectivity index is 0.00000196. The van der Waals surface area contributed by atoms with E-state index < -0.39 is 0 Å². The van der Waals surface area contributed by atoms with E-state index in [1.54, 1.807) is 6.07 Å². The van der Waals surface area contributed by atoms with E-state index in [4.69, 9.17) is 28.9 Å². The van der Waals surface area contributed by atoms with E-state index in [1.165, 1.54) is 0 Å². The van der Waals surface area contributed by atoms with Gasteiger partial charge < -0.3 is 5.73 Å². The van der Waals surface area contributed by atoms with E-state index >= 15 is 0 Å². The SMILES string of the molecule is CC(C)(C)[C@@H](N)c1ccc(Cl)c(Cl)c1.Cl. The van der Waals surface area contributed by atoms with E-state index in [1.807, 2.05) is 12.1 Å². The second kappa shape index (κ2) is 5.40. The quantitative estimate of drug-likeness (QED) is 0.799. The summed E-state index contributed by atoms with van der Waals surface area (Å²) in [5.74, 6) is 0. The summed E-state index contributed by atoms with van der Waals surface area (Å²) in [6, 6.07) is 5.51. The molecule has 0 aliphatic heterocycles. The fourth-order valence-electron chi connectivity index (χ4n) is 1.21. The van der Waals surface area contributed by atoms with Crippen molar-refractivity contribution in [3.05, 3.63) is 33.8 Å². The predicted octanol–water partition coefficient (Wildman–Crippen LogP) is 4.46. The topological polar surface area (TPSA) is 26.0 Å². The van der Waals surface area contributed by atoms with Gasteiger partial charge in [0.1, 0.15) is 0 Å². The monoisotopic (exact) mass is 267 g/mol. The molecule has 86 valence electrons. The molecule has 0 saturated carbocycles. The zero-order chi connectivity index (χ0) is 10.9. The highest BCUT2D eigenvalue weighted by Crippen LogP contribution is 2.33. The van der Waals surface area contributed by atoms with Crippen LogP contribution in [0.3, 0.4) is 0 Å². The molecule has 0 saturated heterocycles. The van der Waals surface area contributed by atoms with Gasteiger partial charge in [0.25, 0.3) is 0 Å². The minimum atomic E-state index is -0.0303. The van der Waals surface area contributed by atoms with Crippen LogP contribution in [0.2, 0.25) is 10.0 Å². The van der Waals surface area contributed by atoms with Crippen LogP contribution in [-0.4, -0.2) is 0 Å². The van der Waals surface area contributed by atoms with Gasteiger partial charge in [-0.2, -0.15) is 0 Å². The van der Waals surface area contributed by atoms with Gasteiger partial charge in [-0.25, -0.2) is 0 Å². The molecule has 0 bridgehead atoms. The van der Waals surface area contributed by atoms with Crippen LogP contribution in [-0.2, 0) is 0 Å². The lowest BCUT2D eigenvalue weighted by Crippen LogP contribution is -2.26. The summed E-state index contributed by atoms with van der Waals surface area (Å²) in [6.45, 7) is 6.29. The molecule has 0 radical (unpaired) electrons. The molecular formula is C11H16Cl3N. The van der Waals surface area contributed by atoms with Gasteiger partial charge in [-0.3, -0.25) is 0 Å². The highest BCUT2D eigenvalue weighted by Gasteiger charge is 2.22. The maximum absolute atomic E-state index is 6.09. The number of rotatable bonds is 1. The summed E-state index contributed by atoms with van der Waals surface area (Å²) in [5.41, 5.74) is 7.13. The van der Waals surface area contributed by atoms with Gasteiger partial charge in [0.15, 0.2) is 0 Å². The van der Waals surface area contributed by atoms with E-state index in [-0.39, 0.29) is 23.9 Å². The molecule has 0 amide bonds. The number of hydrogen-bond acceptors (Lipinski definition) is 1. The van der Waals surface area contributed by atoms with E-state index in [2.05, 4.69) is 20.8 Å². The molecule has 0 aliphatic carbocycles. The minimum Gasteiger partial charge on any atom is -0.324 e. The molecule has 0 aliphatic rings. The van der Waals surface area contributed by atoms with Crippen molar-refractivity contribution >= 4 is 35.6 Å². The van der Waals surface area contributed by atoms with Crippen molar-refractivity contribution in [3.63, 3.8) is 0 Å². The van der Waals surface area contributed by atoms with Gasteiger partial charge in [-0.15, -0.1) is 12.4 Å². The van der Waals surface area contributed by atoms with Crippen molar-refractivity contribution in [2.75, 3.05) is 0 Å². The van der Waals surface area contributed by atoms with E-state index in [0.29, 0.717) is 10.0 Å². The Kier molecular flexibility index (Phi) is 5.42. The molecule has 0 aromatic heterocycles. The van der Waals surface area contributed by atoms with Gasteiger partial charge >= 0.3 is 0 Å². The largest absolute Gasteiger partial charge is 0.324 e. The maximum Gasteiger partial charge on any atom is 0.0595 e. The number of hydrogen-bond donors (Lipinski definition) is 1. The van der Waals surface area contributed by atoms with Gasteiger partial charge in [-0.05, 0) is 23.1 Å². The fourth-order valence-corrected chi connectivity index (χ4v) is 1.51. The molecule has 1 aromatic rings. The maximum atomic E-state index is 6.09. The molecule has 1 atom stereocenters. The van der Waals surface area contributed by atoms with Crippen LogP contribution < -0.4 is 5.73 Å². The molecule has 1 rings (SSSR count). The first-order valence-corrected chi connectivity index (χ1v) is 5.28. The molecule has 0 fully saturated rings. The first kappa shape index (κ1) is 15.0. The number of nitrogens with two attached hydrogens (primary N) is 1. The smallest absolute Gasteiger partial charge is 0.0595 e. The normalized spacial score (nSPS) is 13.2. The average molecular weight is 269 g/mol. The molecule has 15 heavy (non-hydrogen) atoms. The summed E-state index contributed by atoms with van der Waals surface area (Å²) in [7, 11) is 0. The lowest BCUT2D eigenvalue weighted by atomic mass is 9.83. The lowest BCUT2D eigenvalue weighted by molar-refractivity contribution is 0.327. The molecule has 0 unspecified atom stereocenters. The van der Waals surface area contributed by atoms with Crippen molar-refractivity contribution in [2.24, 2.45) is 11.1 Å². The zero-order valence-corrected chi connectivity index (χ0v) is 11.4. The molecular weight excluding hydrogens is 252 g/mol. The lowest BCUT2D eigenvalue weighted by Gasteiger charge is -2.27. The van der Waals surface area contributed by atoms with Crippen molar-refractivity contribution in [3.8, 4) is 0 Å². The minimum absolute atomic E-state index is 0. The highest BCUT2D eigenvalue weighted by molar-refractivity contribution is 6.42. The summed E-state index contributed by atoms with van der Waals surface area (Å²) in [5, 5.41) is 1.13. The van der Waals surface area contributed by atoms with Gasteiger partial charge in [0, 0.05) is 6.04 Å². The molecule has 1 aromatic carbocycles. The van der Waals surface area contributed by atoms with Crippen molar-refractivity contribution in [1.82, 2.24) is 0 Å². The molecule has 1 nitrogen and oxygen atoms in total. The van der Waals surface area contributed by atoms with Crippen molar-refractivity contribution in [2.45, 2.75) is 26.8 Å². The second-order valence-electron chi connectivity index (χ2n) is 4.52. The molecule has 0 spiro atoms. The first-order valence-electron chi connectivity index (χ1n) is 4.53. The van der Waals surface area contributed by atoms with Gasteiger partial charge in [0.2, 0.25) is 0 Å². The Morgan fingerprint density at radius 2 is 1.67 bits per heavy atom. The summed E-state index contributed by atoms with van der Waals surface area (Å²) in [4.78, 5) is 0. The Morgan fingerprint density at radius 3 is 2.07 bits per heavy atom. The van der Waals surface area contributed by atoms with Crippen LogP contribution in [0.4, 0.5) is 0 Å². The van der Waals surface area contributed by atoms with Crippen LogP contribution in [0.5, 0.6) is 0 Å². The van der Waals surface area contributed by atoms with Crippen LogP contribution in [0.25, 0.3) is 0 Å². The van der Waals surface area contributed by atoms with Gasteiger partial charge in [0.05, 0.1) is 10.0 Å². The van der Waals surface area contributed by atoms with E-state index in [9.17, 15) is 0 Å². The third kappa shape index (κ3) is 3.84. The summed E-state index contributed by atoms with van der Waals surface area (Å²) < 4.78 is 0. The first-order chi connectivity index (χ1) is 6.32. The van der Waals surface area contributed by atoms with Crippen LogP contribution in [0, 0.1) is 5.41 Å².